The molecule has 2 unspecified atom stereocenters. The van der Waals surface area contributed by atoms with E-state index in [0.717, 1.165) is 25.9 Å². The molecule has 6 nitrogen and oxygen atoms in total. The molecule has 0 bridgehead atoms. The standard InChI is InChI=1S/C12H20N4O2S/c1-2-15-8-12(14-9-15)19(17,18)16-6-10-4-3-5-13-11(10)7-16/h8-11,13H,2-7H2,1H3. The minimum absolute atomic E-state index is 0.174. The second-order valence-corrected chi connectivity index (χ2v) is 7.21. The van der Waals surface area contributed by atoms with Crippen LogP contribution in [0.1, 0.15) is 19.8 Å². The van der Waals surface area contributed by atoms with Gasteiger partial charge in [0.25, 0.3) is 10.0 Å². The zero-order valence-electron chi connectivity index (χ0n) is 11.1. The van der Waals surface area contributed by atoms with Gasteiger partial charge in [-0.15, -0.1) is 0 Å². The van der Waals surface area contributed by atoms with Crippen LogP contribution in [0.25, 0.3) is 0 Å². The van der Waals surface area contributed by atoms with Gasteiger partial charge in [-0.25, -0.2) is 13.4 Å². The lowest BCUT2D eigenvalue weighted by Crippen LogP contribution is -2.41. The van der Waals surface area contributed by atoms with E-state index in [9.17, 15) is 8.42 Å². The van der Waals surface area contributed by atoms with Crippen molar-refractivity contribution in [2.45, 2.75) is 37.4 Å². The van der Waals surface area contributed by atoms with Crippen molar-refractivity contribution in [3.8, 4) is 0 Å². The minimum atomic E-state index is -3.42. The summed E-state index contributed by atoms with van der Waals surface area (Å²) in [6.07, 6.45) is 5.45. The summed E-state index contributed by atoms with van der Waals surface area (Å²) in [5.41, 5.74) is 0. The first-order valence-electron chi connectivity index (χ1n) is 6.86. The third kappa shape index (κ3) is 2.30. The van der Waals surface area contributed by atoms with Crippen molar-refractivity contribution in [3.63, 3.8) is 0 Å². The second kappa shape index (κ2) is 4.88. The summed E-state index contributed by atoms with van der Waals surface area (Å²) in [6, 6.07) is 0.316. The molecule has 1 aromatic rings. The molecule has 3 rings (SSSR count). The van der Waals surface area contributed by atoms with Gasteiger partial charge in [0.1, 0.15) is 0 Å². The smallest absolute Gasteiger partial charge is 0.262 e. The maximum Gasteiger partial charge on any atom is 0.262 e. The predicted molar refractivity (Wildman–Crippen MR) is 71.2 cm³/mol. The molecule has 0 radical (unpaired) electrons. The Morgan fingerprint density at radius 2 is 2.32 bits per heavy atom. The normalized spacial score (nSPS) is 28.5. The topological polar surface area (TPSA) is 67.2 Å². The van der Waals surface area contributed by atoms with Crippen molar-refractivity contribution in [3.05, 3.63) is 12.5 Å². The van der Waals surface area contributed by atoms with Crippen LogP contribution in [0, 0.1) is 5.92 Å². The Bertz CT molecular complexity index is 540. The van der Waals surface area contributed by atoms with Crippen LogP contribution in [0.5, 0.6) is 0 Å². The minimum Gasteiger partial charge on any atom is -0.336 e. The molecule has 0 aliphatic carbocycles. The number of sulfonamides is 1. The van der Waals surface area contributed by atoms with E-state index >= 15 is 0 Å². The Labute approximate surface area is 113 Å². The highest BCUT2D eigenvalue weighted by atomic mass is 32.2. The first kappa shape index (κ1) is 13.1. The van der Waals surface area contributed by atoms with Crippen LogP contribution < -0.4 is 5.32 Å². The van der Waals surface area contributed by atoms with E-state index in [1.807, 2.05) is 6.92 Å². The lowest BCUT2D eigenvalue weighted by molar-refractivity contribution is 0.339. The monoisotopic (exact) mass is 284 g/mol. The number of rotatable bonds is 3. The molecule has 1 aromatic heterocycles. The lowest BCUT2D eigenvalue weighted by atomic mass is 9.94. The first-order chi connectivity index (χ1) is 9.11. The summed E-state index contributed by atoms with van der Waals surface area (Å²) in [5.74, 6) is 0.455. The van der Waals surface area contributed by atoms with Crippen LogP contribution in [0.2, 0.25) is 0 Å². The number of imidazole rings is 1. The van der Waals surface area contributed by atoms with E-state index in [2.05, 4.69) is 10.3 Å². The van der Waals surface area contributed by atoms with Crippen molar-refractivity contribution < 1.29 is 8.42 Å². The molecule has 0 spiro atoms. The molecule has 2 atom stereocenters. The number of aromatic nitrogens is 2. The highest BCUT2D eigenvalue weighted by molar-refractivity contribution is 7.89. The van der Waals surface area contributed by atoms with Gasteiger partial charge < -0.3 is 9.88 Å². The molecule has 2 aliphatic rings. The van der Waals surface area contributed by atoms with Crippen molar-refractivity contribution in [1.29, 1.82) is 0 Å². The maximum absolute atomic E-state index is 12.5. The molecule has 2 saturated heterocycles. The van der Waals surface area contributed by atoms with E-state index in [4.69, 9.17) is 0 Å². The summed E-state index contributed by atoms with van der Waals surface area (Å²) in [6.45, 7) is 4.90. The molecule has 0 aromatic carbocycles. The van der Waals surface area contributed by atoms with Crippen LogP contribution in [0.15, 0.2) is 17.6 Å². The maximum atomic E-state index is 12.5. The SMILES string of the molecule is CCn1cnc(S(=O)(=O)N2CC3CCCNC3C2)c1. The van der Waals surface area contributed by atoms with Gasteiger partial charge in [-0.2, -0.15) is 4.31 Å². The molecule has 2 aliphatic heterocycles. The summed E-state index contributed by atoms with van der Waals surface area (Å²) < 4.78 is 28.4. The molecule has 106 valence electrons. The number of fused-ring (bicyclic) bond motifs is 1. The molecule has 1 N–H and O–H groups in total. The fraction of sp³-hybridized carbons (Fsp3) is 0.750. The average Bonchev–Trinajstić information content (AvgIpc) is 3.05. The summed E-state index contributed by atoms with van der Waals surface area (Å²) >= 11 is 0. The van der Waals surface area contributed by atoms with Crippen molar-refractivity contribution in [2.75, 3.05) is 19.6 Å². The Balaban J connectivity index is 1.81. The molecule has 0 amide bonds. The van der Waals surface area contributed by atoms with Crippen LogP contribution in [-0.4, -0.2) is 48.0 Å². The van der Waals surface area contributed by atoms with E-state index in [1.54, 1.807) is 21.4 Å². The van der Waals surface area contributed by atoms with E-state index < -0.39 is 10.0 Å². The quantitative estimate of drug-likeness (QED) is 0.865. The average molecular weight is 284 g/mol. The second-order valence-electron chi connectivity index (χ2n) is 5.33. The fourth-order valence-electron chi connectivity index (χ4n) is 2.98. The third-order valence-corrected chi connectivity index (χ3v) is 5.86. The molecule has 0 saturated carbocycles. The zero-order valence-corrected chi connectivity index (χ0v) is 11.9. The van der Waals surface area contributed by atoms with Crippen LogP contribution >= 0.6 is 0 Å². The van der Waals surface area contributed by atoms with Gasteiger partial charge in [0.05, 0.1) is 6.33 Å². The molecule has 7 heteroatoms. The fourth-order valence-corrected chi connectivity index (χ4v) is 4.44. The molecule has 19 heavy (non-hydrogen) atoms. The zero-order chi connectivity index (χ0) is 13.5. The Hall–Kier alpha value is -0.920. The summed E-state index contributed by atoms with van der Waals surface area (Å²) in [5, 5.41) is 3.59. The third-order valence-electron chi connectivity index (χ3n) is 4.14. The number of aryl methyl sites for hydroxylation is 1. The van der Waals surface area contributed by atoms with E-state index in [0.29, 0.717) is 25.0 Å². The summed E-state index contributed by atoms with van der Waals surface area (Å²) in [4.78, 5) is 4.03. The number of hydrogen-bond acceptors (Lipinski definition) is 4. The predicted octanol–water partition coefficient (Wildman–Crippen LogP) is 0.275. The summed E-state index contributed by atoms with van der Waals surface area (Å²) in [7, 11) is -3.42. The highest BCUT2D eigenvalue weighted by Crippen LogP contribution is 2.28. The van der Waals surface area contributed by atoms with Crippen molar-refractivity contribution >= 4 is 10.0 Å². The van der Waals surface area contributed by atoms with E-state index in [-0.39, 0.29) is 5.03 Å². The van der Waals surface area contributed by atoms with Crippen LogP contribution in [0.3, 0.4) is 0 Å². The number of nitrogens with one attached hydrogen (secondary N) is 1. The van der Waals surface area contributed by atoms with Gasteiger partial charge in [-0.3, -0.25) is 0 Å². The van der Waals surface area contributed by atoms with Gasteiger partial charge >= 0.3 is 0 Å². The van der Waals surface area contributed by atoms with Gasteiger partial charge in [-0.05, 0) is 32.2 Å². The van der Waals surface area contributed by atoms with Crippen molar-refractivity contribution in [2.24, 2.45) is 5.92 Å². The number of hydrogen-bond donors (Lipinski definition) is 1. The molecular weight excluding hydrogens is 264 g/mol. The number of piperidine rings is 1. The van der Waals surface area contributed by atoms with Gasteiger partial charge in [-0.1, -0.05) is 0 Å². The Morgan fingerprint density at radius 1 is 1.47 bits per heavy atom. The van der Waals surface area contributed by atoms with Gasteiger partial charge in [0, 0.05) is 31.9 Å². The highest BCUT2D eigenvalue weighted by Gasteiger charge is 2.40. The molecule has 2 fully saturated rings. The first-order valence-corrected chi connectivity index (χ1v) is 8.30. The van der Waals surface area contributed by atoms with Crippen molar-refractivity contribution in [1.82, 2.24) is 19.2 Å². The van der Waals surface area contributed by atoms with Crippen LogP contribution in [0.4, 0.5) is 0 Å². The van der Waals surface area contributed by atoms with E-state index in [1.165, 1.54) is 0 Å². The van der Waals surface area contributed by atoms with Gasteiger partial charge in [0.2, 0.25) is 0 Å². The van der Waals surface area contributed by atoms with Crippen LogP contribution in [-0.2, 0) is 16.6 Å². The number of nitrogens with zero attached hydrogens (tertiary/aromatic N) is 3. The molecule has 3 heterocycles. The lowest BCUT2D eigenvalue weighted by Gasteiger charge is -2.24. The Kier molecular flexibility index (Phi) is 3.36. The largest absolute Gasteiger partial charge is 0.336 e. The molecular formula is C12H20N4O2S. The van der Waals surface area contributed by atoms with Gasteiger partial charge in [0.15, 0.2) is 5.03 Å². The Morgan fingerprint density at radius 3 is 3.00 bits per heavy atom.